The smallest absolute Gasteiger partial charge is 0.220 e. The fourth-order valence-corrected chi connectivity index (χ4v) is 3.49. The van der Waals surface area contributed by atoms with Crippen molar-refractivity contribution in [1.82, 2.24) is 5.32 Å². The third kappa shape index (κ3) is 16.8. The average molecular weight is 398 g/mol. The first-order chi connectivity index (χ1) is 14.3. The monoisotopic (exact) mass is 397 g/mol. The van der Waals surface area contributed by atoms with E-state index in [1.807, 2.05) is 0 Å². The van der Waals surface area contributed by atoms with E-state index >= 15 is 0 Å². The summed E-state index contributed by atoms with van der Waals surface area (Å²) in [6.07, 6.45) is 36.5. The van der Waals surface area contributed by atoms with Crippen molar-refractivity contribution < 1.29 is 4.79 Å². The van der Waals surface area contributed by atoms with Crippen LogP contribution in [0.5, 0.6) is 0 Å². The number of amides is 1. The van der Waals surface area contributed by atoms with Crippen LogP contribution in [0.15, 0.2) is 60.8 Å². The van der Waals surface area contributed by atoms with E-state index in [9.17, 15) is 4.79 Å². The van der Waals surface area contributed by atoms with E-state index in [1.165, 1.54) is 32.1 Å². The highest BCUT2D eigenvalue weighted by Gasteiger charge is 2.13. The van der Waals surface area contributed by atoms with Gasteiger partial charge >= 0.3 is 0 Å². The van der Waals surface area contributed by atoms with Crippen molar-refractivity contribution in [2.24, 2.45) is 5.92 Å². The van der Waals surface area contributed by atoms with Crippen molar-refractivity contribution in [2.75, 3.05) is 6.54 Å². The summed E-state index contributed by atoms with van der Waals surface area (Å²) in [5.74, 6) is 0.946. The Balaban J connectivity index is 1.91. The van der Waals surface area contributed by atoms with Gasteiger partial charge < -0.3 is 5.32 Å². The average Bonchev–Trinajstić information content (AvgIpc) is 2.75. The van der Waals surface area contributed by atoms with Crippen LogP contribution in [-0.4, -0.2) is 12.5 Å². The number of carbonyl (C=O) groups is 1. The molecule has 1 fully saturated rings. The molecule has 0 bridgehead atoms. The summed E-state index contributed by atoms with van der Waals surface area (Å²) < 4.78 is 0. The second kappa shape index (κ2) is 19.5. The van der Waals surface area contributed by atoms with Crippen LogP contribution in [-0.2, 0) is 4.79 Å². The van der Waals surface area contributed by atoms with Gasteiger partial charge in [0.2, 0.25) is 5.91 Å². The lowest BCUT2D eigenvalue weighted by molar-refractivity contribution is -0.121. The predicted molar refractivity (Wildman–Crippen MR) is 128 cm³/mol. The largest absolute Gasteiger partial charge is 0.356 e. The summed E-state index contributed by atoms with van der Waals surface area (Å²) in [4.78, 5) is 11.9. The zero-order valence-corrected chi connectivity index (χ0v) is 18.7. The molecule has 0 aliphatic heterocycles. The summed E-state index contributed by atoms with van der Waals surface area (Å²) in [6.45, 7) is 3.05. The van der Waals surface area contributed by atoms with E-state index in [-0.39, 0.29) is 5.91 Å². The Bertz CT molecular complexity index is 533. The molecule has 0 radical (unpaired) electrons. The van der Waals surface area contributed by atoms with Crippen molar-refractivity contribution in [3.05, 3.63) is 60.8 Å². The molecule has 0 heterocycles. The number of rotatable bonds is 15. The van der Waals surface area contributed by atoms with Crippen LogP contribution in [0.3, 0.4) is 0 Å². The molecular formula is C27H43NO. The number of allylic oxidation sites excluding steroid dienone is 10. The lowest BCUT2D eigenvalue weighted by Crippen LogP contribution is -2.29. The van der Waals surface area contributed by atoms with Crippen molar-refractivity contribution in [1.29, 1.82) is 0 Å². The maximum atomic E-state index is 11.9. The maximum Gasteiger partial charge on any atom is 0.220 e. The molecule has 0 unspecified atom stereocenters. The molecule has 0 atom stereocenters. The van der Waals surface area contributed by atoms with E-state index in [0.29, 0.717) is 6.42 Å². The molecule has 0 aromatic heterocycles. The third-order valence-electron chi connectivity index (χ3n) is 5.24. The fourth-order valence-electron chi connectivity index (χ4n) is 3.49. The minimum absolute atomic E-state index is 0.225. The first kappa shape index (κ1) is 25.2. The zero-order valence-electron chi connectivity index (χ0n) is 18.7. The standard InChI is InChI=1S/C27H43NO/c1-2-3-4-5-6-7-8-9-10-11-12-13-14-15-16-17-21-24-27(29)28-25-26-22-19-18-20-23-26/h3-4,6-7,9-10,12-13,15-16,26H,2,5,8,11,14,17-25H2,1H3,(H,28,29)/b4-3-,7-6-,10-9-,13-12-,16-15-. The lowest BCUT2D eigenvalue weighted by atomic mass is 9.89. The molecule has 1 saturated carbocycles. The lowest BCUT2D eigenvalue weighted by Gasteiger charge is -2.21. The molecule has 1 rings (SSSR count). The Labute approximate surface area is 179 Å². The Morgan fingerprint density at radius 2 is 1.28 bits per heavy atom. The van der Waals surface area contributed by atoms with Crippen LogP contribution < -0.4 is 5.32 Å². The minimum Gasteiger partial charge on any atom is -0.356 e. The molecule has 2 nitrogen and oxygen atoms in total. The molecule has 29 heavy (non-hydrogen) atoms. The van der Waals surface area contributed by atoms with Crippen molar-refractivity contribution in [3.8, 4) is 0 Å². The molecular weight excluding hydrogens is 354 g/mol. The van der Waals surface area contributed by atoms with Crippen LogP contribution in [0, 0.1) is 5.92 Å². The number of carbonyl (C=O) groups excluding carboxylic acids is 1. The Morgan fingerprint density at radius 3 is 1.83 bits per heavy atom. The minimum atomic E-state index is 0.225. The number of hydrogen-bond donors (Lipinski definition) is 1. The first-order valence-electron chi connectivity index (χ1n) is 11.8. The van der Waals surface area contributed by atoms with E-state index in [4.69, 9.17) is 0 Å². The SMILES string of the molecule is CC/C=C\C/C=C\C/C=C\C/C=C\C/C=C\CCCC(=O)NCC1CCCCC1. The number of hydrogen-bond acceptors (Lipinski definition) is 1. The van der Waals surface area contributed by atoms with Gasteiger partial charge in [-0.2, -0.15) is 0 Å². The summed E-state index contributed by atoms with van der Waals surface area (Å²) in [7, 11) is 0. The molecule has 0 aromatic rings. The molecule has 1 N–H and O–H groups in total. The predicted octanol–water partition coefficient (Wildman–Crippen LogP) is 7.60. The maximum absolute atomic E-state index is 11.9. The Hall–Kier alpha value is -1.83. The van der Waals surface area contributed by atoms with Gasteiger partial charge in [-0.1, -0.05) is 86.9 Å². The van der Waals surface area contributed by atoms with Crippen molar-refractivity contribution >= 4 is 5.91 Å². The van der Waals surface area contributed by atoms with Gasteiger partial charge in [0.25, 0.3) is 0 Å². The summed E-state index contributed by atoms with van der Waals surface area (Å²) >= 11 is 0. The first-order valence-corrected chi connectivity index (χ1v) is 11.8. The second-order valence-electron chi connectivity index (χ2n) is 7.91. The number of nitrogens with one attached hydrogen (secondary N) is 1. The van der Waals surface area contributed by atoms with Gasteiger partial charge in [0.1, 0.15) is 0 Å². The third-order valence-corrected chi connectivity index (χ3v) is 5.24. The van der Waals surface area contributed by atoms with E-state index in [0.717, 1.165) is 57.4 Å². The molecule has 1 amide bonds. The van der Waals surface area contributed by atoms with E-state index in [2.05, 4.69) is 73.0 Å². The van der Waals surface area contributed by atoms with E-state index in [1.54, 1.807) is 0 Å². The van der Waals surface area contributed by atoms with Gasteiger partial charge in [-0.05, 0) is 63.7 Å². The normalized spacial score (nSPS) is 16.3. The zero-order chi connectivity index (χ0) is 20.8. The van der Waals surface area contributed by atoms with E-state index < -0.39 is 0 Å². The highest BCUT2D eigenvalue weighted by molar-refractivity contribution is 5.75. The highest BCUT2D eigenvalue weighted by Crippen LogP contribution is 2.22. The molecule has 1 aliphatic rings. The summed E-state index contributed by atoms with van der Waals surface area (Å²) in [5.41, 5.74) is 0. The van der Waals surface area contributed by atoms with Crippen LogP contribution in [0.2, 0.25) is 0 Å². The van der Waals surface area contributed by atoms with Crippen molar-refractivity contribution in [2.45, 2.75) is 90.4 Å². The molecule has 1 aliphatic carbocycles. The molecule has 162 valence electrons. The quantitative estimate of drug-likeness (QED) is 0.224. The highest BCUT2D eigenvalue weighted by atomic mass is 16.1. The number of unbranched alkanes of at least 4 members (excludes halogenated alkanes) is 1. The molecule has 0 saturated heterocycles. The van der Waals surface area contributed by atoms with Gasteiger partial charge in [0.15, 0.2) is 0 Å². The molecule has 2 heteroatoms. The topological polar surface area (TPSA) is 29.1 Å². The second-order valence-corrected chi connectivity index (χ2v) is 7.91. The summed E-state index contributed by atoms with van der Waals surface area (Å²) in [5, 5.41) is 3.12. The van der Waals surface area contributed by atoms with Crippen molar-refractivity contribution in [3.63, 3.8) is 0 Å². The van der Waals surface area contributed by atoms with Crippen LogP contribution in [0.1, 0.15) is 90.4 Å². The van der Waals surface area contributed by atoms with Gasteiger partial charge in [-0.3, -0.25) is 4.79 Å². The van der Waals surface area contributed by atoms with Gasteiger partial charge in [-0.25, -0.2) is 0 Å². The Kier molecular flexibility index (Phi) is 16.9. The Morgan fingerprint density at radius 1 is 0.759 bits per heavy atom. The van der Waals surface area contributed by atoms with Gasteiger partial charge in [-0.15, -0.1) is 0 Å². The van der Waals surface area contributed by atoms with Gasteiger partial charge in [0.05, 0.1) is 0 Å². The van der Waals surface area contributed by atoms with Crippen LogP contribution >= 0.6 is 0 Å². The molecule has 0 spiro atoms. The van der Waals surface area contributed by atoms with Crippen LogP contribution in [0.25, 0.3) is 0 Å². The summed E-state index contributed by atoms with van der Waals surface area (Å²) in [6, 6.07) is 0. The van der Waals surface area contributed by atoms with Gasteiger partial charge in [0, 0.05) is 13.0 Å². The fraction of sp³-hybridized carbons (Fsp3) is 0.593. The molecule has 0 aromatic carbocycles. The van der Waals surface area contributed by atoms with Crippen LogP contribution in [0.4, 0.5) is 0 Å².